The molecular weight excluding hydrogens is 218 g/mol. The molecule has 0 unspecified atom stereocenters. The van der Waals surface area contributed by atoms with Crippen molar-refractivity contribution in [1.29, 1.82) is 0 Å². The van der Waals surface area contributed by atoms with Crippen molar-refractivity contribution in [2.24, 2.45) is 0 Å². The number of rotatable bonds is 3. The van der Waals surface area contributed by atoms with Crippen LogP contribution in [0.3, 0.4) is 0 Å². The fourth-order valence-electron chi connectivity index (χ4n) is 2.38. The van der Waals surface area contributed by atoms with Crippen molar-refractivity contribution in [2.75, 3.05) is 7.05 Å². The van der Waals surface area contributed by atoms with Gasteiger partial charge >= 0.3 is 0 Å². The maximum absolute atomic E-state index is 3.19. The van der Waals surface area contributed by atoms with Gasteiger partial charge in [0.2, 0.25) is 0 Å². The van der Waals surface area contributed by atoms with Crippen molar-refractivity contribution in [2.45, 2.75) is 27.3 Å². The van der Waals surface area contributed by atoms with Gasteiger partial charge in [-0.15, -0.1) is 0 Å². The Balaban J connectivity index is 2.48. The lowest BCUT2D eigenvalue weighted by molar-refractivity contribution is 0.817. The lowest BCUT2D eigenvalue weighted by Gasteiger charge is -2.13. The molecule has 2 aromatic rings. The van der Waals surface area contributed by atoms with E-state index in [-0.39, 0.29) is 0 Å². The average Bonchev–Trinajstić information content (AvgIpc) is 2.34. The van der Waals surface area contributed by atoms with Gasteiger partial charge in [-0.2, -0.15) is 0 Å². The molecule has 0 bridgehead atoms. The number of hydrogen-bond donors (Lipinski definition) is 1. The van der Waals surface area contributed by atoms with Crippen LogP contribution in [0.4, 0.5) is 0 Å². The van der Waals surface area contributed by atoms with Crippen LogP contribution in [-0.4, -0.2) is 7.05 Å². The van der Waals surface area contributed by atoms with Crippen LogP contribution in [0, 0.1) is 20.8 Å². The Morgan fingerprint density at radius 3 is 2.33 bits per heavy atom. The molecule has 1 heteroatoms. The fraction of sp³-hybridized carbons (Fsp3) is 0.294. The van der Waals surface area contributed by atoms with Gasteiger partial charge in [-0.25, -0.2) is 0 Å². The summed E-state index contributed by atoms with van der Waals surface area (Å²) in [6.07, 6.45) is 0. The largest absolute Gasteiger partial charge is 0.316 e. The first kappa shape index (κ1) is 12.8. The molecule has 0 atom stereocenters. The van der Waals surface area contributed by atoms with E-state index >= 15 is 0 Å². The Labute approximate surface area is 110 Å². The molecule has 0 saturated carbocycles. The molecule has 0 aliphatic carbocycles. The molecule has 0 spiro atoms. The topological polar surface area (TPSA) is 12.0 Å². The summed E-state index contributed by atoms with van der Waals surface area (Å²) in [5.41, 5.74) is 8.10. The second-order valence-electron chi connectivity index (χ2n) is 4.93. The summed E-state index contributed by atoms with van der Waals surface area (Å²) in [6.45, 7) is 7.49. The van der Waals surface area contributed by atoms with Gasteiger partial charge in [0, 0.05) is 6.54 Å². The van der Waals surface area contributed by atoms with Gasteiger partial charge in [-0.1, -0.05) is 36.4 Å². The second kappa shape index (κ2) is 5.36. The van der Waals surface area contributed by atoms with Crippen LogP contribution in [0.1, 0.15) is 22.3 Å². The molecule has 1 N–H and O–H groups in total. The predicted molar refractivity (Wildman–Crippen MR) is 78.9 cm³/mol. The SMILES string of the molecule is CNCc1ccc(-c2cccc(C)c2C)c(C)c1. The van der Waals surface area contributed by atoms with Crippen LogP contribution in [0.25, 0.3) is 11.1 Å². The van der Waals surface area contributed by atoms with Gasteiger partial charge in [0.25, 0.3) is 0 Å². The smallest absolute Gasteiger partial charge is 0.0202 e. The number of aryl methyl sites for hydroxylation is 2. The van der Waals surface area contributed by atoms with Gasteiger partial charge in [-0.3, -0.25) is 0 Å². The highest BCUT2D eigenvalue weighted by molar-refractivity contribution is 5.71. The Bertz CT molecular complexity index is 556. The Hall–Kier alpha value is -1.60. The minimum atomic E-state index is 0.925. The molecule has 0 fully saturated rings. The Morgan fingerprint density at radius 2 is 1.67 bits per heavy atom. The van der Waals surface area contributed by atoms with Gasteiger partial charge < -0.3 is 5.32 Å². The molecule has 0 saturated heterocycles. The maximum atomic E-state index is 3.19. The molecule has 18 heavy (non-hydrogen) atoms. The molecule has 0 aliphatic heterocycles. The number of hydrogen-bond acceptors (Lipinski definition) is 1. The molecule has 2 aromatic carbocycles. The van der Waals surface area contributed by atoms with Crippen molar-refractivity contribution in [3.63, 3.8) is 0 Å². The first-order chi connectivity index (χ1) is 8.63. The zero-order chi connectivity index (χ0) is 13.1. The van der Waals surface area contributed by atoms with E-state index in [2.05, 4.69) is 62.5 Å². The zero-order valence-electron chi connectivity index (χ0n) is 11.7. The standard InChI is InChI=1S/C17H21N/c1-12-6-5-7-17(14(12)3)16-9-8-15(11-18-4)10-13(16)2/h5-10,18H,11H2,1-4H3. The summed E-state index contributed by atoms with van der Waals surface area (Å²) in [7, 11) is 1.98. The van der Waals surface area contributed by atoms with Crippen LogP contribution in [-0.2, 0) is 6.54 Å². The highest BCUT2D eigenvalue weighted by Gasteiger charge is 2.06. The molecule has 94 valence electrons. The summed E-state index contributed by atoms with van der Waals surface area (Å²) in [4.78, 5) is 0. The highest BCUT2D eigenvalue weighted by Crippen LogP contribution is 2.28. The maximum Gasteiger partial charge on any atom is 0.0202 e. The first-order valence-electron chi connectivity index (χ1n) is 6.44. The van der Waals surface area contributed by atoms with Crippen LogP contribution in [0.15, 0.2) is 36.4 Å². The minimum Gasteiger partial charge on any atom is -0.316 e. The van der Waals surface area contributed by atoms with Crippen molar-refractivity contribution in [1.82, 2.24) is 5.32 Å². The van der Waals surface area contributed by atoms with E-state index < -0.39 is 0 Å². The number of benzene rings is 2. The predicted octanol–water partition coefficient (Wildman–Crippen LogP) is 4.00. The molecule has 0 amide bonds. The summed E-state index contributed by atoms with van der Waals surface area (Å²) >= 11 is 0. The van der Waals surface area contributed by atoms with Crippen LogP contribution < -0.4 is 5.32 Å². The Morgan fingerprint density at radius 1 is 0.889 bits per heavy atom. The molecule has 0 aromatic heterocycles. The van der Waals surface area contributed by atoms with E-state index in [1.807, 2.05) is 7.05 Å². The summed E-state index contributed by atoms with van der Waals surface area (Å²) < 4.78 is 0. The van der Waals surface area contributed by atoms with E-state index in [0.29, 0.717) is 0 Å². The van der Waals surface area contributed by atoms with E-state index in [0.717, 1.165) is 6.54 Å². The van der Waals surface area contributed by atoms with Crippen molar-refractivity contribution in [3.05, 3.63) is 58.7 Å². The van der Waals surface area contributed by atoms with Gasteiger partial charge in [-0.05, 0) is 61.2 Å². The van der Waals surface area contributed by atoms with E-state index in [1.54, 1.807) is 0 Å². The monoisotopic (exact) mass is 239 g/mol. The molecule has 0 heterocycles. The third-order valence-corrected chi connectivity index (χ3v) is 3.57. The highest BCUT2D eigenvalue weighted by atomic mass is 14.8. The normalized spacial score (nSPS) is 10.7. The number of nitrogens with one attached hydrogen (secondary N) is 1. The van der Waals surface area contributed by atoms with E-state index in [4.69, 9.17) is 0 Å². The quantitative estimate of drug-likeness (QED) is 0.853. The molecule has 0 aliphatic rings. The van der Waals surface area contributed by atoms with Gasteiger partial charge in [0.05, 0.1) is 0 Å². The Kier molecular flexibility index (Phi) is 3.83. The van der Waals surface area contributed by atoms with E-state index in [1.165, 1.54) is 33.4 Å². The average molecular weight is 239 g/mol. The van der Waals surface area contributed by atoms with Crippen LogP contribution in [0.2, 0.25) is 0 Å². The molecule has 2 rings (SSSR count). The molecule has 0 radical (unpaired) electrons. The third-order valence-electron chi connectivity index (χ3n) is 3.57. The van der Waals surface area contributed by atoms with E-state index in [9.17, 15) is 0 Å². The lowest BCUT2D eigenvalue weighted by atomic mass is 9.93. The molecule has 1 nitrogen and oxygen atoms in total. The third kappa shape index (κ3) is 2.46. The lowest BCUT2D eigenvalue weighted by Crippen LogP contribution is -2.05. The summed E-state index contributed by atoms with van der Waals surface area (Å²) in [5, 5.41) is 3.19. The van der Waals surface area contributed by atoms with Crippen LogP contribution in [0.5, 0.6) is 0 Å². The fourth-order valence-corrected chi connectivity index (χ4v) is 2.38. The van der Waals surface area contributed by atoms with Crippen molar-refractivity contribution >= 4 is 0 Å². The van der Waals surface area contributed by atoms with Crippen molar-refractivity contribution < 1.29 is 0 Å². The van der Waals surface area contributed by atoms with Crippen LogP contribution >= 0.6 is 0 Å². The summed E-state index contributed by atoms with van der Waals surface area (Å²) in [5.74, 6) is 0. The van der Waals surface area contributed by atoms with Crippen molar-refractivity contribution in [3.8, 4) is 11.1 Å². The first-order valence-corrected chi connectivity index (χ1v) is 6.44. The second-order valence-corrected chi connectivity index (χ2v) is 4.93. The van der Waals surface area contributed by atoms with Gasteiger partial charge in [0.1, 0.15) is 0 Å². The zero-order valence-corrected chi connectivity index (χ0v) is 11.7. The molecular formula is C17H21N. The summed E-state index contributed by atoms with van der Waals surface area (Å²) in [6, 6.07) is 13.2. The minimum absolute atomic E-state index is 0.925. The van der Waals surface area contributed by atoms with Gasteiger partial charge in [0.15, 0.2) is 0 Å².